The van der Waals surface area contributed by atoms with Crippen LogP contribution in [0.3, 0.4) is 0 Å². The van der Waals surface area contributed by atoms with Gasteiger partial charge in [0.05, 0.1) is 16.7 Å². The lowest BCUT2D eigenvalue weighted by molar-refractivity contribution is 0.459. The highest BCUT2D eigenvalue weighted by molar-refractivity contribution is 7.90. The third-order valence-electron chi connectivity index (χ3n) is 3.28. The van der Waals surface area contributed by atoms with Crippen LogP contribution in [0.2, 0.25) is 0 Å². The van der Waals surface area contributed by atoms with Gasteiger partial charge in [-0.1, -0.05) is 0 Å². The molecule has 0 amide bonds. The van der Waals surface area contributed by atoms with Crippen LogP contribution in [0.1, 0.15) is 0 Å². The number of nitrogens with one attached hydrogen (secondary N) is 1. The van der Waals surface area contributed by atoms with Gasteiger partial charge in [-0.05, 0) is 24.3 Å². The topological polar surface area (TPSA) is 105 Å². The molecule has 0 aliphatic heterocycles. The van der Waals surface area contributed by atoms with Gasteiger partial charge < -0.3 is 14.8 Å². The zero-order chi connectivity index (χ0) is 16.4. The molecule has 0 spiro atoms. The Hall–Kier alpha value is -2.61. The van der Waals surface area contributed by atoms with E-state index in [2.05, 4.69) is 15.3 Å². The van der Waals surface area contributed by atoms with Gasteiger partial charge >= 0.3 is 0 Å². The molecule has 8 heteroatoms. The van der Waals surface area contributed by atoms with E-state index in [0.717, 1.165) is 5.56 Å². The highest BCUT2D eigenvalue weighted by Crippen LogP contribution is 2.29. The molecule has 2 aromatic heterocycles. The number of sulfone groups is 1. The monoisotopic (exact) mass is 333 g/mol. The minimum absolute atomic E-state index is 0.0320. The Balaban J connectivity index is 1.81. The van der Waals surface area contributed by atoms with Crippen molar-refractivity contribution in [3.05, 3.63) is 36.7 Å². The van der Waals surface area contributed by atoms with Crippen molar-refractivity contribution >= 4 is 26.6 Å². The van der Waals surface area contributed by atoms with Crippen LogP contribution < -0.4 is 5.32 Å². The van der Waals surface area contributed by atoms with Crippen molar-refractivity contribution in [3.63, 3.8) is 0 Å². The first-order valence-corrected chi connectivity index (χ1v) is 8.94. The number of anilines is 1. The van der Waals surface area contributed by atoms with E-state index in [9.17, 15) is 13.5 Å². The van der Waals surface area contributed by atoms with E-state index in [1.807, 2.05) is 6.07 Å². The van der Waals surface area contributed by atoms with E-state index in [1.54, 1.807) is 24.3 Å². The predicted octanol–water partition coefficient (Wildman–Crippen LogP) is 2.05. The van der Waals surface area contributed by atoms with Crippen LogP contribution >= 0.6 is 0 Å². The average molecular weight is 333 g/mol. The molecule has 3 aromatic rings. The summed E-state index contributed by atoms with van der Waals surface area (Å²) in [6, 6.07) is 8.83. The van der Waals surface area contributed by atoms with E-state index < -0.39 is 9.84 Å². The molecule has 0 atom stereocenters. The summed E-state index contributed by atoms with van der Waals surface area (Å²) in [4.78, 5) is 7.83. The van der Waals surface area contributed by atoms with Crippen LogP contribution in [0.4, 0.5) is 5.88 Å². The normalized spacial score (nSPS) is 11.7. The number of fused-ring (bicyclic) bond motifs is 1. The molecule has 0 radical (unpaired) electrons. The third-order valence-corrected chi connectivity index (χ3v) is 4.22. The number of aromatic hydroxyl groups is 1. The second-order valence-electron chi connectivity index (χ2n) is 5.15. The minimum atomic E-state index is -3.01. The summed E-state index contributed by atoms with van der Waals surface area (Å²) in [5, 5.41) is 13.2. The van der Waals surface area contributed by atoms with Crippen LogP contribution in [-0.4, -0.2) is 42.0 Å². The van der Waals surface area contributed by atoms with Gasteiger partial charge in [-0.15, -0.1) is 0 Å². The predicted molar refractivity (Wildman–Crippen MR) is 87.1 cm³/mol. The first-order chi connectivity index (χ1) is 10.9. The van der Waals surface area contributed by atoms with Crippen LogP contribution in [0.5, 0.6) is 5.88 Å². The van der Waals surface area contributed by atoms with Crippen LogP contribution in [-0.2, 0) is 9.84 Å². The first kappa shape index (κ1) is 15.3. The molecule has 0 fully saturated rings. The fourth-order valence-corrected chi connectivity index (χ4v) is 2.62. The molecule has 120 valence electrons. The molecule has 0 unspecified atom stereocenters. The summed E-state index contributed by atoms with van der Waals surface area (Å²) >= 11 is 0. The molecule has 23 heavy (non-hydrogen) atoms. The van der Waals surface area contributed by atoms with Gasteiger partial charge in [-0.3, -0.25) is 0 Å². The molecule has 1 aromatic carbocycles. The maximum Gasteiger partial charge on any atom is 0.221 e. The molecule has 0 aliphatic rings. The van der Waals surface area contributed by atoms with Crippen LogP contribution in [0.25, 0.3) is 22.2 Å². The number of hydrogen-bond acceptors (Lipinski definition) is 7. The Labute approximate surface area is 132 Å². The van der Waals surface area contributed by atoms with Crippen molar-refractivity contribution in [2.45, 2.75) is 0 Å². The molecule has 0 bridgehead atoms. The van der Waals surface area contributed by atoms with Gasteiger partial charge in [-0.25, -0.2) is 18.4 Å². The Kier molecular flexibility index (Phi) is 3.91. The quantitative estimate of drug-likeness (QED) is 0.736. The van der Waals surface area contributed by atoms with Crippen molar-refractivity contribution in [2.24, 2.45) is 0 Å². The number of rotatable bonds is 5. The van der Waals surface area contributed by atoms with E-state index in [0.29, 0.717) is 22.5 Å². The summed E-state index contributed by atoms with van der Waals surface area (Å²) in [6.07, 6.45) is 2.49. The number of aromatic nitrogens is 2. The van der Waals surface area contributed by atoms with Gasteiger partial charge in [0.1, 0.15) is 21.9 Å². The Morgan fingerprint density at radius 3 is 2.83 bits per heavy atom. The molecule has 2 heterocycles. The number of furan rings is 1. The van der Waals surface area contributed by atoms with E-state index >= 15 is 0 Å². The molecule has 3 rings (SSSR count). The SMILES string of the molecule is CS(=O)(=O)CCNc1ccc(-c2ccc3ncnc(O)c3c2)o1. The summed E-state index contributed by atoms with van der Waals surface area (Å²) in [6.45, 7) is 0.276. The van der Waals surface area contributed by atoms with Gasteiger partial charge in [0.2, 0.25) is 5.88 Å². The van der Waals surface area contributed by atoms with Crippen LogP contribution in [0.15, 0.2) is 41.1 Å². The third kappa shape index (κ3) is 3.59. The van der Waals surface area contributed by atoms with Crippen LogP contribution in [0, 0.1) is 0 Å². The average Bonchev–Trinajstić information content (AvgIpc) is 2.95. The van der Waals surface area contributed by atoms with E-state index in [-0.39, 0.29) is 18.2 Å². The lowest BCUT2D eigenvalue weighted by Gasteiger charge is -2.03. The summed E-state index contributed by atoms with van der Waals surface area (Å²) < 4.78 is 27.8. The summed E-state index contributed by atoms with van der Waals surface area (Å²) in [5.74, 6) is 1.02. The fraction of sp³-hybridized carbons (Fsp3) is 0.200. The molecular formula is C15H15N3O4S. The van der Waals surface area contributed by atoms with Crippen molar-refractivity contribution < 1.29 is 17.9 Å². The zero-order valence-corrected chi connectivity index (χ0v) is 13.2. The number of nitrogens with zero attached hydrogens (tertiary/aromatic N) is 2. The Bertz CT molecular complexity index is 950. The molecule has 0 saturated carbocycles. The second-order valence-corrected chi connectivity index (χ2v) is 7.41. The largest absolute Gasteiger partial charge is 0.493 e. The maximum absolute atomic E-state index is 11.1. The molecule has 7 nitrogen and oxygen atoms in total. The number of hydrogen-bond donors (Lipinski definition) is 2. The Morgan fingerprint density at radius 2 is 2.04 bits per heavy atom. The first-order valence-electron chi connectivity index (χ1n) is 6.88. The molecule has 2 N–H and O–H groups in total. The lowest BCUT2D eigenvalue weighted by atomic mass is 10.1. The highest BCUT2D eigenvalue weighted by atomic mass is 32.2. The smallest absolute Gasteiger partial charge is 0.221 e. The second kappa shape index (κ2) is 5.88. The van der Waals surface area contributed by atoms with Crippen molar-refractivity contribution in [1.82, 2.24) is 9.97 Å². The zero-order valence-electron chi connectivity index (χ0n) is 12.4. The summed E-state index contributed by atoms with van der Waals surface area (Å²) in [7, 11) is -3.01. The molecular weight excluding hydrogens is 318 g/mol. The molecule has 0 saturated heterocycles. The molecule has 0 aliphatic carbocycles. The van der Waals surface area contributed by atoms with E-state index in [1.165, 1.54) is 12.6 Å². The number of benzene rings is 1. The standard InChI is InChI=1S/C15H15N3O4S/c1-23(20,21)7-6-16-14-5-4-13(22-14)10-2-3-12-11(8-10)15(19)18-9-17-12/h2-5,8-9,16H,6-7H2,1H3,(H,17,18,19). The van der Waals surface area contributed by atoms with Gasteiger partial charge in [-0.2, -0.15) is 0 Å². The summed E-state index contributed by atoms with van der Waals surface area (Å²) in [5.41, 5.74) is 1.40. The van der Waals surface area contributed by atoms with Gasteiger partial charge in [0.15, 0.2) is 5.88 Å². The highest BCUT2D eigenvalue weighted by Gasteiger charge is 2.09. The van der Waals surface area contributed by atoms with E-state index in [4.69, 9.17) is 4.42 Å². The minimum Gasteiger partial charge on any atom is -0.493 e. The van der Waals surface area contributed by atoms with Crippen molar-refractivity contribution in [3.8, 4) is 17.2 Å². The fourth-order valence-electron chi connectivity index (χ4n) is 2.14. The van der Waals surface area contributed by atoms with Crippen molar-refractivity contribution in [1.29, 1.82) is 0 Å². The van der Waals surface area contributed by atoms with Gasteiger partial charge in [0, 0.05) is 24.4 Å². The Morgan fingerprint density at radius 1 is 1.22 bits per heavy atom. The lowest BCUT2D eigenvalue weighted by Crippen LogP contribution is -2.13. The van der Waals surface area contributed by atoms with Gasteiger partial charge in [0.25, 0.3) is 0 Å². The van der Waals surface area contributed by atoms with Crippen molar-refractivity contribution in [2.75, 3.05) is 23.9 Å². The maximum atomic E-state index is 11.1.